The Labute approximate surface area is 200 Å². The number of carbonyl (C=O) groups excluding carboxylic acids is 2. The zero-order valence-electron chi connectivity index (χ0n) is 19.3. The molecule has 1 N–H and O–H groups in total. The van der Waals surface area contributed by atoms with E-state index in [0.29, 0.717) is 5.76 Å². The van der Waals surface area contributed by atoms with Crippen LogP contribution in [0, 0.1) is 0 Å². The summed E-state index contributed by atoms with van der Waals surface area (Å²) in [5, 5.41) is 2.77. The van der Waals surface area contributed by atoms with E-state index in [-0.39, 0.29) is 32.1 Å². The van der Waals surface area contributed by atoms with Crippen LogP contribution in [0.15, 0.2) is 83.5 Å². The van der Waals surface area contributed by atoms with Gasteiger partial charge in [0, 0.05) is 13.1 Å². The largest absolute Gasteiger partial charge is 0.467 e. The topological polar surface area (TPSA) is 99.9 Å². The Bertz CT molecular complexity index is 1170. The van der Waals surface area contributed by atoms with Gasteiger partial charge in [-0.25, -0.2) is 8.42 Å². The third-order valence-corrected chi connectivity index (χ3v) is 6.56. The molecule has 0 unspecified atom stereocenters. The molecule has 0 bridgehead atoms. The Balaban J connectivity index is 1.78. The third-order valence-electron chi connectivity index (χ3n) is 5.36. The summed E-state index contributed by atoms with van der Waals surface area (Å²) in [5.41, 5.74) is 1.59. The van der Waals surface area contributed by atoms with Gasteiger partial charge in [0.25, 0.3) is 0 Å². The van der Waals surface area contributed by atoms with E-state index < -0.39 is 22.0 Å². The van der Waals surface area contributed by atoms with Crippen LogP contribution in [0.3, 0.4) is 0 Å². The number of furan rings is 1. The summed E-state index contributed by atoms with van der Waals surface area (Å²) >= 11 is 0. The van der Waals surface area contributed by atoms with Crippen LogP contribution >= 0.6 is 0 Å². The molecule has 1 heterocycles. The van der Waals surface area contributed by atoms with Gasteiger partial charge in [0.2, 0.25) is 21.8 Å². The van der Waals surface area contributed by atoms with Gasteiger partial charge < -0.3 is 14.6 Å². The van der Waals surface area contributed by atoms with Gasteiger partial charge in [-0.3, -0.25) is 9.59 Å². The molecule has 8 nitrogen and oxygen atoms in total. The molecular formula is C25H29N3O5S. The van der Waals surface area contributed by atoms with E-state index in [1.807, 2.05) is 48.5 Å². The number of amides is 2. The van der Waals surface area contributed by atoms with E-state index >= 15 is 0 Å². The van der Waals surface area contributed by atoms with Crippen LogP contribution < -0.4 is 5.32 Å². The summed E-state index contributed by atoms with van der Waals surface area (Å²) in [5.74, 6) is -0.242. The number of hydrogen-bond donors (Lipinski definition) is 1. The van der Waals surface area contributed by atoms with Crippen molar-refractivity contribution in [2.75, 3.05) is 12.8 Å². The Morgan fingerprint density at radius 1 is 0.912 bits per heavy atom. The van der Waals surface area contributed by atoms with Gasteiger partial charge in [-0.1, -0.05) is 60.7 Å². The molecule has 1 atom stereocenters. The third kappa shape index (κ3) is 7.29. The molecule has 0 aliphatic heterocycles. The SMILES string of the molecule is C[C@@H](C(=O)NCc1ccco1)N(Cc1ccccc1)C(=O)CN(Cc1ccccc1)S(C)(=O)=O. The van der Waals surface area contributed by atoms with Gasteiger partial charge >= 0.3 is 0 Å². The Morgan fingerprint density at radius 2 is 1.50 bits per heavy atom. The van der Waals surface area contributed by atoms with Crippen LogP contribution in [0.1, 0.15) is 23.8 Å². The van der Waals surface area contributed by atoms with E-state index in [1.54, 1.807) is 31.2 Å². The molecule has 0 spiro atoms. The quantitative estimate of drug-likeness (QED) is 0.452. The standard InChI is InChI=1S/C25H29N3O5S/c1-20(25(30)26-16-23-14-9-15-33-23)28(18-22-12-7-4-8-13-22)24(29)19-27(34(2,31)32)17-21-10-5-3-6-11-21/h3-15,20H,16-19H2,1-2H3,(H,26,30)/t20-/m0/s1. The molecule has 1 aromatic heterocycles. The van der Waals surface area contributed by atoms with E-state index in [4.69, 9.17) is 4.42 Å². The number of carbonyl (C=O) groups is 2. The lowest BCUT2D eigenvalue weighted by molar-refractivity contribution is -0.140. The van der Waals surface area contributed by atoms with Crippen LogP contribution in [-0.4, -0.2) is 48.3 Å². The van der Waals surface area contributed by atoms with Gasteiger partial charge in [0.15, 0.2) is 0 Å². The maximum absolute atomic E-state index is 13.4. The molecule has 180 valence electrons. The molecule has 0 saturated heterocycles. The number of nitrogens with zero attached hydrogens (tertiary/aromatic N) is 2. The fourth-order valence-electron chi connectivity index (χ4n) is 3.42. The van der Waals surface area contributed by atoms with Gasteiger partial charge in [-0.15, -0.1) is 0 Å². The van der Waals surface area contributed by atoms with Gasteiger partial charge in [-0.05, 0) is 30.2 Å². The van der Waals surface area contributed by atoms with Crippen molar-refractivity contribution in [2.45, 2.75) is 32.6 Å². The molecule has 34 heavy (non-hydrogen) atoms. The minimum Gasteiger partial charge on any atom is -0.467 e. The van der Waals surface area contributed by atoms with E-state index in [9.17, 15) is 18.0 Å². The molecule has 3 aromatic rings. The van der Waals surface area contributed by atoms with Crippen LogP contribution in [-0.2, 0) is 39.2 Å². The fraction of sp³-hybridized carbons (Fsp3) is 0.280. The monoisotopic (exact) mass is 483 g/mol. The van der Waals surface area contributed by atoms with Crippen LogP contribution in [0.2, 0.25) is 0 Å². The highest BCUT2D eigenvalue weighted by Crippen LogP contribution is 2.14. The number of rotatable bonds is 11. The lowest BCUT2D eigenvalue weighted by Crippen LogP contribution is -2.50. The summed E-state index contributed by atoms with van der Waals surface area (Å²) in [6, 6.07) is 21.0. The molecule has 0 saturated carbocycles. The highest BCUT2D eigenvalue weighted by atomic mass is 32.2. The first-order valence-corrected chi connectivity index (χ1v) is 12.7. The van der Waals surface area contributed by atoms with Crippen LogP contribution in [0.4, 0.5) is 0 Å². The van der Waals surface area contributed by atoms with Crippen molar-refractivity contribution in [3.05, 3.63) is 95.9 Å². The molecule has 0 radical (unpaired) electrons. The smallest absolute Gasteiger partial charge is 0.242 e. The second kappa shape index (κ2) is 11.6. The number of benzene rings is 2. The van der Waals surface area contributed by atoms with Crippen LogP contribution in [0.5, 0.6) is 0 Å². The molecule has 2 aromatic carbocycles. The zero-order valence-corrected chi connectivity index (χ0v) is 20.1. The Hall–Kier alpha value is -3.43. The summed E-state index contributed by atoms with van der Waals surface area (Å²) in [7, 11) is -3.68. The maximum Gasteiger partial charge on any atom is 0.242 e. The van der Waals surface area contributed by atoms with Gasteiger partial charge in [-0.2, -0.15) is 4.31 Å². The van der Waals surface area contributed by atoms with E-state index in [0.717, 1.165) is 21.7 Å². The van der Waals surface area contributed by atoms with Crippen LogP contribution in [0.25, 0.3) is 0 Å². The van der Waals surface area contributed by atoms with Crippen molar-refractivity contribution in [2.24, 2.45) is 0 Å². The Morgan fingerprint density at radius 3 is 2.03 bits per heavy atom. The summed E-state index contributed by atoms with van der Waals surface area (Å²) < 4.78 is 31.3. The van der Waals surface area contributed by atoms with Crippen molar-refractivity contribution in [1.29, 1.82) is 0 Å². The molecule has 3 rings (SSSR count). The van der Waals surface area contributed by atoms with Crippen molar-refractivity contribution >= 4 is 21.8 Å². The average molecular weight is 484 g/mol. The highest BCUT2D eigenvalue weighted by molar-refractivity contribution is 7.88. The minimum absolute atomic E-state index is 0.0592. The van der Waals surface area contributed by atoms with E-state index in [1.165, 1.54) is 11.2 Å². The highest BCUT2D eigenvalue weighted by Gasteiger charge is 2.29. The first-order chi connectivity index (χ1) is 16.2. The second-order valence-corrected chi connectivity index (χ2v) is 9.98. The average Bonchev–Trinajstić information content (AvgIpc) is 3.34. The summed E-state index contributed by atoms with van der Waals surface area (Å²) in [6.07, 6.45) is 2.59. The van der Waals surface area contributed by atoms with E-state index in [2.05, 4.69) is 5.32 Å². The normalized spacial score (nSPS) is 12.3. The lowest BCUT2D eigenvalue weighted by atomic mass is 10.1. The fourth-order valence-corrected chi connectivity index (χ4v) is 4.15. The first kappa shape index (κ1) is 25.2. The second-order valence-electron chi connectivity index (χ2n) is 8.00. The molecule has 2 amide bonds. The van der Waals surface area contributed by atoms with Crippen molar-refractivity contribution in [1.82, 2.24) is 14.5 Å². The molecule has 0 aliphatic rings. The van der Waals surface area contributed by atoms with Crippen molar-refractivity contribution in [3.8, 4) is 0 Å². The maximum atomic E-state index is 13.4. The summed E-state index contributed by atoms with van der Waals surface area (Å²) in [6.45, 7) is 1.66. The minimum atomic E-state index is -3.68. The molecule has 9 heteroatoms. The Kier molecular flexibility index (Phi) is 8.61. The lowest BCUT2D eigenvalue weighted by Gasteiger charge is -2.31. The predicted molar refractivity (Wildman–Crippen MR) is 129 cm³/mol. The van der Waals surface area contributed by atoms with Crippen molar-refractivity contribution < 1.29 is 22.4 Å². The molecule has 0 fully saturated rings. The number of sulfonamides is 1. The zero-order chi connectivity index (χ0) is 24.6. The number of hydrogen-bond acceptors (Lipinski definition) is 5. The first-order valence-electron chi connectivity index (χ1n) is 10.9. The number of nitrogens with one attached hydrogen (secondary N) is 1. The van der Waals surface area contributed by atoms with Gasteiger partial charge in [0.1, 0.15) is 11.8 Å². The predicted octanol–water partition coefficient (Wildman–Crippen LogP) is 2.77. The summed E-state index contributed by atoms with van der Waals surface area (Å²) in [4.78, 5) is 27.7. The molecule has 0 aliphatic carbocycles. The van der Waals surface area contributed by atoms with Crippen molar-refractivity contribution in [3.63, 3.8) is 0 Å². The molecular weight excluding hydrogens is 454 g/mol. The van der Waals surface area contributed by atoms with Gasteiger partial charge in [0.05, 0.1) is 25.6 Å².